The van der Waals surface area contributed by atoms with Crippen LogP contribution in [-0.4, -0.2) is 19.9 Å². The molecule has 45 heavy (non-hydrogen) atoms. The predicted octanol–water partition coefficient (Wildman–Crippen LogP) is 9.53. The van der Waals surface area contributed by atoms with Gasteiger partial charge < -0.3 is 14.4 Å². The Morgan fingerprint density at radius 2 is 1.53 bits per heavy atom. The van der Waals surface area contributed by atoms with Gasteiger partial charge in [-0.2, -0.15) is 0 Å². The molecular formula is C39H28IrN4O-2. The molecule has 8 aromatic rings. The van der Waals surface area contributed by atoms with Gasteiger partial charge in [0, 0.05) is 55.2 Å². The zero-order valence-corrected chi connectivity index (χ0v) is 27.4. The molecule has 221 valence electrons. The molecule has 0 aliphatic carbocycles. The van der Waals surface area contributed by atoms with Gasteiger partial charge in [-0.15, -0.1) is 53.6 Å². The number of aryl methyl sites for hydroxylation is 3. The van der Waals surface area contributed by atoms with E-state index in [1.54, 1.807) is 0 Å². The Morgan fingerprint density at radius 3 is 2.36 bits per heavy atom. The number of nitrogens with zero attached hydrogens (tertiary/aromatic N) is 4. The van der Waals surface area contributed by atoms with Crippen LogP contribution < -0.4 is 0 Å². The smallest absolute Gasteiger partial charge is 0.216 e. The zero-order chi connectivity index (χ0) is 30.0. The van der Waals surface area contributed by atoms with E-state index in [0.29, 0.717) is 5.71 Å². The van der Waals surface area contributed by atoms with Crippen LogP contribution in [0.5, 0.6) is 0 Å². The van der Waals surface area contributed by atoms with Crippen LogP contribution in [0.3, 0.4) is 0 Å². The number of pyridine rings is 4. The molecule has 0 bridgehead atoms. The van der Waals surface area contributed by atoms with Crippen molar-refractivity contribution < 1.29 is 24.5 Å². The van der Waals surface area contributed by atoms with Crippen molar-refractivity contribution in [1.82, 2.24) is 19.9 Å². The molecular weight excluding hydrogens is 733 g/mol. The molecule has 0 aliphatic rings. The van der Waals surface area contributed by atoms with Crippen LogP contribution in [-0.2, 0) is 20.1 Å². The second-order valence-electron chi connectivity index (χ2n) is 10.8. The van der Waals surface area contributed by atoms with Crippen LogP contribution in [0.2, 0.25) is 0 Å². The molecule has 0 atom stereocenters. The summed E-state index contributed by atoms with van der Waals surface area (Å²) in [5, 5.41) is 3.14. The van der Waals surface area contributed by atoms with Crippen LogP contribution in [0.4, 0.5) is 0 Å². The second-order valence-corrected chi connectivity index (χ2v) is 10.8. The molecule has 5 heterocycles. The standard InChI is InChI=1S/C26H16N3O.C13H12N.Ir/c1-16-7-9-21-20-5-2-6-22(25(20)30-26(21)29-16)24-15-18(11-13-28-24)17-8-10-23-19(14-17)4-3-12-27-23;1-10-3-6-12(7-4-10)13-8-5-11(2)9-14-13;/h2-5,7-15H,1H3;3-6,8-9H,1-2H3;/q2*-1;. The van der Waals surface area contributed by atoms with E-state index in [0.717, 1.165) is 66.6 Å². The molecule has 0 aliphatic heterocycles. The Bertz CT molecular complexity index is 2210. The van der Waals surface area contributed by atoms with E-state index in [9.17, 15) is 0 Å². The van der Waals surface area contributed by atoms with Gasteiger partial charge in [0.05, 0.1) is 11.1 Å². The monoisotopic (exact) mass is 761 g/mol. The average Bonchev–Trinajstić information content (AvgIpc) is 3.43. The number of furan rings is 1. The third kappa shape index (κ3) is 6.30. The normalized spacial score (nSPS) is 10.8. The maximum absolute atomic E-state index is 6.13. The van der Waals surface area contributed by atoms with Gasteiger partial charge >= 0.3 is 0 Å². The molecule has 0 spiro atoms. The number of hydrogen-bond donors (Lipinski definition) is 0. The first-order valence-corrected chi connectivity index (χ1v) is 14.5. The van der Waals surface area contributed by atoms with E-state index in [-0.39, 0.29) is 20.1 Å². The van der Waals surface area contributed by atoms with Gasteiger partial charge in [-0.25, -0.2) is 4.98 Å². The molecule has 0 saturated heterocycles. The van der Waals surface area contributed by atoms with Crippen LogP contribution >= 0.6 is 0 Å². The largest absolute Gasteiger partial charge is 0.486 e. The Kier molecular flexibility index (Phi) is 8.61. The summed E-state index contributed by atoms with van der Waals surface area (Å²) >= 11 is 0. The fourth-order valence-electron chi connectivity index (χ4n) is 5.20. The molecule has 8 rings (SSSR count). The number of hydrogen-bond acceptors (Lipinski definition) is 5. The van der Waals surface area contributed by atoms with Crippen molar-refractivity contribution in [3.8, 4) is 33.6 Å². The summed E-state index contributed by atoms with van der Waals surface area (Å²) in [5.41, 5.74) is 11.6. The van der Waals surface area contributed by atoms with E-state index in [2.05, 4.69) is 81.5 Å². The summed E-state index contributed by atoms with van der Waals surface area (Å²) in [7, 11) is 0. The summed E-state index contributed by atoms with van der Waals surface area (Å²) in [6.45, 7) is 6.06. The number of aromatic nitrogens is 4. The minimum atomic E-state index is 0. The van der Waals surface area contributed by atoms with Crippen LogP contribution in [0.15, 0.2) is 120 Å². The molecule has 0 amide bonds. The molecule has 0 fully saturated rings. The Morgan fingerprint density at radius 1 is 0.667 bits per heavy atom. The van der Waals surface area contributed by atoms with E-state index >= 15 is 0 Å². The van der Waals surface area contributed by atoms with Crippen LogP contribution in [0, 0.1) is 32.9 Å². The van der Waals surface area contributed by atoms with Gasteiger partial charge in [-0.05, 0) is 78.3 Å². The first-order valence-electron chi connectivity index (χ1n) is 14.5. The first kappa shape index (κ1) is 30.0. The maximum atomic E-state index is 6.13. The molecule has 3 aromatic carbocycles. The van der Waals surface area contributed by atoms with Crippen molar-refractivity contribution in [3.63, 3.8) is 0 Å². The summed E-state index contributed by atoms with van der Waals surface area (Å²) in [6, 6.07) is 39.1. The number of benzene rings is 3. The van der Waals surface area contributed by atoms with Gasteiger partial charge in [-0.1, -0.05) is 48.2 Å². The fourth-order valence-corrected chi connectivity index (χ4v) is 5.20. The third-order valence-electron chi connectivity index (χ3n) is 7.55. The van der Waals surface area contributed by atoms with E-state index < -0.39 is 0 Å². The van der Waals surface area contributed by atoms with E-state index in [4.69, 9.17) is 4.42 Å². The Labute approximate surface area is 275 Å². The van der Waals surface area contributed by atoms with Gasteiger partial charge in [0.1, 0.15) is 0 Å². The Hall–Kier alpha value is -5.03. The third-order valence-corrected chi connectivity index (χ3v) is 7.55. The molecule has 6 heteroatoms. The van der Waals surface area contributed by atoms with Gasteiger partial charge in [0.15, 0.2) is 0 Å². The Balaban J connectivity index is 0.000000201. The van der Waals surface area contributed by atoms with Crippen molar-refractivity contribution in [3.05, 3.63) is 145 Å². The van der Waals surface area contributed by atoms with E-state index in [1.807, 2.05) is 87.0 Å². The van der Waals surface area contributed by atoms with Gasteiger partial charge in [0.25, 0.3) is 0 Å². The van der Waals surface area contributed by atoms with Gasteiger partial charge in [-0.3, -0.25) is 4.98 Å². The second kappa shape index (κ2) is 12.9. The maximum Gasteiger partial charge on any atom is 0.216 e. The van der Waals surface area contributed by atoms with Crippen LogP contribution in [0.1, 0.15) is 16.8 Å². The van der Waals surface area contributed by atoms with Crippen molar-refractivity contribution in [1.29, 1.82) is 0 Å². The topological polar surface area (TPSA) is 64.7 Å². The average molecular weight is 761 g/mol. The summed E-state index contributed by atoms with van der Waals surface area (Å²) in [5.74, 6) is 0. The number of fused-ring (bicyclic) bond motifs is 4. The molecule has 0 saturated carbocycles. The minimum absolute atomic E-state index is 0. The molecule has 0 unspecified atom stereocenters. The fraction of sp³-hybridized carbons (Fsp3) is 0.0769. The van der Waals surface area contributed by atoms with E-state index in [1.165, 1.54) is 11.1 Å². The van der Waals surface area contributed by atoms with Gasteiger partial charge in [0.2, 0.25) is 5.71 Å². The molecule has 0 N–H and O–H groups in total. The molecule has 5 nitrogen and oxygen atoms in total. The molecule has 5 aromatic heterocycles. The summed E-state index contributed by atoms with van der Waals surface area (Å²) < 4.78 is 6.13. The van der Waals surface area contributed by atoms with Crippen molar-refractivity contribution in [2.75, 3.05) is 0 Å². The molecule has 1 radical (unpaired) electrons. The van der Waals surface area contributed by atoms with Crippen molar-refractivity contribution in [2.24, 2.45) is 0 Å². The summed E-state index contributed by atoms with van der Waals surface area (Å²) in [6.07, 6.45) is 5.52. The van der Waals surface area contributed by atoms with Crippen molar-refractivity contribution >= 4 is 33.0 Å². The van der Waals surface area contributed by atoms with Crippen molar-refractivity contribution in [2.45, 2.75) is 20.8 Å². The number of rotatable bonds is 3. The minimum Gasteiger partial charge on any atom is -0.486 e. The first-order chi connectivity index (χ1) is 21.5. The summed E-state index contributed by atoms with van der Waals surface area (Å²) in [4.78, 5) is 17.9. The quantitative estimate of drug-likeness (QED) is 0.168. The SMILES string of the molecule is Cc1c[c-]c(-c2ccc(C)cn2)cc1.Cc1ccc2c(n1)oc1c(-c3cc(-c4ccc5ncccc5c4)ccn3)[c-]ccc12.[Ir]. The predicted molar refractivity (Wildman–Crippen MR) is 177 cm³/mol. The zero-order valence-electron chi connectivity index (χ0n) is 25.0. The van der Waals surface area contributed by atoms with Crippen LogP contribution in [0.25, 0.3) is 66.6 Å².